The lowest BCUT2D eigenvalue weighted by atomic mass is 9.75. The molecule has 5 heteroatoms. The van der Waals surface area contributed by atoms with Gasteiger partial charge in [0.15, 0.2) is 6.23 Å². The first kappa shape index (κ1) is 14.5. The summed E-state index contributed by atoms with van der Waals surface area (Å²) < 4.78 is 2.10. The van der Waals surface area contributed by atoms with E-state index in [1.165, 1.54) is 16.6 Å². The van der Waals surface area contributed by atoms with Gasteiger partial charge in [-0.25, -0.2) is 0 Å². The number of carbonyl (C=O) groups is 1. The van der Waals surface area contributed by atoms with Crippen LogP contribution in [0, 0.1) is 5.92 Å². The zero-order valence-electron chi connectivity index (χ0n) is 13.9. The van der Waals surface area contributed by atoms with E-state index in [9.17, 15) is 9.90 Å². The van der Waals surface area contributed by atoms with Crippen LogP contribution in [0.5, 0.6) is 0 Å². The molecule has 0 bridgehead atoms. The van der Waals surface area contributed by atoms with Crippen molar-refractivity contribution in [2.75, 3.05) is 13.1 Å². The number of fused-ring (bicyclic) bond motifs is 3. The summed E-state index contributed by atoms with van der Waals surface area (Å²) in [6, 6.07) is 8.47. The third-order valence-electron chi connectivity index (χ3n) is 6.19. The molecular weight excluding hydrogens is 302 g/mol. The van der Waals surface area contributed by atoms with E-state index in [4.69, 9.17) is 0 Å². The predicted molar refractivity (Wildman–Crippen MR) is 91.5 cm³/mol. The Morgan fingerprint density at radius 1 is 1.29 bits per heavy atom. The quantitative estimate of drug-likeness (QED) is 0.843. The van der Waals surface area contributed by atoms with Gasteiger partial charge in [-0.3, -0.25) is 9.69 Å². The van der Waals surface area contributed by atoms with Gasteiger partial charge in [0.1, 0.15) is 0 Å². The molecule has 1 aromatic heterocycles. The van der Waals surface area contributed by atoms with Gasteiger partial charge in [-0.05, 0) is 37.4 Å². The van der Waals surface area contributed by atoms with E-state index < -0.39 is 6.23 Å². The predicted octanol–water partition coefficient (Wildman–Crippen LogP) is 1.96. The average molecular weight is 325 g/mol. The monoisotopic (exact) mass is 325 g/mol. The third-order valence-corrected chi connectivity index (χ3v) is 6.19. The summed E-state index contributed by atoms with van der Waals surface area (Å²) in [6.45, 7) is 3.74. The molecule has 2 unspecified atom stereocenters. The van der Waals surface area contributed by atoms with E-state index in [0.717, 1.165) is 37.9 Å². The molecule has 1 fully saturated rings. The number of carbonyl (C=O) groups excluding carboxylic acids is 1. The summed E-state index contributed by atoms with van der Waals surface area (Å²) in [4.78, 5) is 14.3. The molecule has 2 N–H and O–H groups in total. The smallest absolute Gasteiger partial charge is 0.217 e. The molecule has 3 aliphatic heterocycles. The third kappa shape index (κ3) is 1.80. The highest BCUT2D eigenvalue weighted by Gasteiger charge is 2.49. The standard InChI is InChI=1S/C19H23N3O2/c1-11(23)20-16-14-6-4-9-21-10-8-13-12-5-2-3-7-15(12)22(19(16)24)18(13)17(14)21/h2-3,5,7,14,16-17,19,24H,4,6,8-10H2,1H3,(H,20,23)/t14-,16?,17-,19?/m1/s1. The minimum absolute atomic E-state index is 0.0629. The molecule has 4 atom stereocenters. The average Bonchev–Trinajstić information content (AvgIpc) is 2.93. The zero-order chi connectivity index (χ0) is 16.4. The van der Waals surface area contributed by atoms with Crippen LogP contribution in [0.2, 0.25) is 0 Å². The maximum absolute atomic E-state index is 11.8. The van der Waals surface area contributed by atoms with Gasteiger partial charge in [0, 0.05) is 30.5 Å². The Labute approximate surface area is 141 Å². The van der Waals surface area contributed by atoms with Crippen LogP contribution < -0.4 is 5.32 Å². The van der Waals surface area contributed by atoms with Crippen LogP contribution in [0.4, 0.5) is 0 Å². The van der Waals surface area contributed by atoms with Gasteiger partial charge in [-0.15, -0.1) is 0 Å². The lowest BCUT2D eigenvalue weighted by Crippen LogP contribution is -2.57. The van der Waals surface area contributed by atoms with E-state index in [1.807, 2.05) is 6.07 Å². The topological polar surface area (TPSA) is 57.5 Å². The highest BCUT2D eigenvalue weighted by atomic mass is 16.3. The van der Waals surface area contributed by atoms with Crippen molar-refractivity contribution in [1.29, 1.82) is 0 Å². The van der Waals surface area contributed by atoms with E-state index in [1.54, 1.807) is 6.92 Å². The van der Waals surface area contributed by atoms with Crippen molar-refractivity contribution in [2.24, 2.45) is 5.92 Å². The molecule has 126 valence electrons. The van der Waals surface area contributed by atoms with E-state index in [0.29, 0.717) is 6.04 Å². The number of aliphatic hydroxyl groups excluding tert-OH is 1. The van der Waals surface area contributed by atoms with Crippen molar-refractivity contribution in [1.82, 2.24) is 14.8 Å². The largest absolute Gasteiger partial charge is 0.371 e. The van der Waals surface area contributed by atoms with Crippen LogP contribution in [0.25, 0.3) is 10.9 Å². The Balaban J connectivity index is 1.78. The molecule has 2 aromatic rings. The van der Waals surface area contributed by atoms with Crippen LogP contribution in [0.1, 0.15) is 43.3 Å². The number of hydrogen-bond acceptors (Lipinski definition) is 3. The summed E-state index contributed by atoms with van der Waals surface area (Å²) in [7, 11) is 0. The van der Waals surface area contributed by atoms with Crippen LogP contribution in [0.15, 0.2) is 24.3 Å². The maximum Gasteiger partial charge on any atom is 0.217 e. The Hall–Kier alpha value is -1.85. The second kappa shape index (κ2) is 5.07. The fourth-order valence-corrected chi connectivity index (χ4v) is 5.37. The zero-order valence-corrected chi connectivity index (χ0v) is 13.9. The molecule has 0 radical (unpaired) electrons. The lowest BCUT2D eigenvalue weighted by Gasteiger charge is -2.52. The fraction of sp³-hybridized carbons (Fsp3) is 0.526. The van der Waals surface area contributed by atoms with Gasteiger partial charge in [0.25, 0.3) is 0 Å². The summed E-state index contributed by atoms with van der Waals surface area (Å²) in [5.41, 5.74) is 3.79. The SMILES string of the molecule is CC(=O)NC1C(O)n2c3c(c4ccccc42)CCN2CCC[C@H]1[C@H]32. The highest BCUT2D eigenvalue weighted by Crippen LogP contribution is 2.50. The summed E-state index contributed by atoms with van der Waals surface area (Å²) >= 11 is 0. The van der Waals surface area contributed by atoms with E-state index in [2.05, 4.69) is 33.0 Å². The second-order valence-electron chi connectivity index (χ2n) is 7.43. The molecule has 1 saturated heterocycles. The normalized spacial score (nSPS) is 31.8. The first-order chi connectivity index (χ1) is 11.7. The minimum Gasteiger partial charge on any atom is -0.371 e. The van der Waals surface area contributed by atoms with Gasteiger partial charge >= 0.3 is 0 Å². The minimum atomic E-state index is -0.693. The molecule has 1 aromatic carbocycles. The number of hydrogen-bond donors (Lipinski definition) is 2. The number of piperidine rings is 1. The second-order valence-corrected chi connectivity index (χ2v) is 7.43. The lowest BCUT2D eigenvalue weighted by molar-refractivity contribution is -0.124. The molecule has 3 aliphatic rings. The Bertz CT molecular complexity index is 827. The Kier molecular flexibility index (Phi) is 3.06. The molecule has 0 saturated carbocycles. The van der Waals surface area contributed by atoms with Gasteiger partial charge in [-0.1, -0.05) is 18.2 Å². The number of amides is 1. The molecule has 5 rings (SSSR count). The highest BCUT2D eigenvalue weighted by molar-refractivity contribution is 5.86. The van der Waals surface area contributed by atoms with Crippen molar-refractivity contribution in [2.45, 2.75) is 44.5 Å². The number of nitrogens with one attached hydrogen (secondary N) is 1. The van der Waals surface area contributed by atoms with Crippen LogP contribution >= 0.6 is 0 Å². The first-order valence-electron chi connectivity index (χ1n) is 8.97. The first-order valence-corrected chi connectivity index (χ1v) is 8.97. The summed E-state index contributed by atoms with van der Waals surface area (Å²) in [6.07, 6.45) is 2.55. The van der Waals surface area contributed by atoms with E-state index >= 15 is 0 Å². The van der Waals surface area contributed by atoms with Gasteiger partial charge in [-0.2, -0.15) is 0 Å². The number of nitrogens with zero attached hydrogens (tertiary/aromatic N) is 2. The summed E-state index contributed by atoms with van der Waals surface area (Å²) in [5, 5.41) is 15.5. The van der Waals surface area contributed by atoms with Crippen molar-refractivity contribution in [3.8, 4) is 0 Å². The van der Waals surface area contributed by atoms with Crippen LogP contribution in [-0.2, 0) is 11.2 Å². The van der Waals surface area contributed by atoms with Gasteiger partial charge in [0.2, 0.25) is 5.91 Å². The van der Waals surface area contributed by atoms with Crippen molar-refractivity contribution < 1.29 is 9.90 Å². The molecular formula is C19H23N3O2. The molecule has 0 spiro atoms. The number of benzene rings is 1. The van der Waals surface area contributed by atoms with Crippen molar-refractivity contribution in [3.63, 3.8) is 0 Å². The molecule has 0 aliphatic carbocycles. The molecule has 1 amide bonds. The Morgan fingerprint density at radius 3 is 2.96 bits per heavy atom. The number of para-hydroxylation sites is 1. The van der Waals surface area contributed by atoms with Gasteiger partial charge < -0.3 is 15.0 Å². The molecule has 5 nitrogen and oxygen atoms in total. The number of rotatable bonds is 1. The van der Waals surface area contributed by atoms with Crippen molar-refractivity contribution >= 4 is 16.8 Å². The fourth-order valence-electron chi connectivity index (χ4n) is 5.37. The van der Waals surface area contributed by atoms with Gasteiger partial charge in [0.05, 0.1) is 17.6 Å². The number of aromatic nitrogens is 1. The maximum atomic E-state index is 11.8. The molecule has 4 heterocycles. The van der Waals surface area contributed by atoms with Crippen LogP contribution in [-0.4, -0.2) is 39.6 Å². The molecule has 24 heavy (non-hydrogen) atoms. The van der Waals surface area contributed by atoms with E-state index in [-0.39, 0.29) is 17.9 Å². The van der Waals surface area contributed by atoms with Crippen LogP contribution in [0.3, 0.4) is 0 Å². The summed E-state index contributed by atoms with van der Waals surface area (Å²) in [5.74, 6) is 0.223. The van der Waals surface area contributed by atoms with Crippen molar-refractivity contribution in [3.05, 3.63) is 35.5 Å². The number of aliphatic hydroxyl groups is 1. The Morgan fingerprint density at radius 2 is 2.12 bits per heavy atom.